The van der Waals surface area contributed by atoms with Crippen molar-refractivity contribution in [2.75, 3.05) is 19.7 Å². The highest BCUT2D eigenvalue weighted by Gasteiger charge is 2.27. The van der Waals surface area contributed by atoms with E-state index in [9.17, 15) is 13.6 Å². The summed E-state index contributed by atoms with van der Waals surface area (Å²) in [5, 5.41) is 9.24. The first kappa shape index (κ1) is 19.0. The molecule has 0 bridgehead atoms. The van der Waals surface area contributed by atoms with E-state index >= 15 is 0 Å². The average Bonchev–Trinajstić information content (AvgIpc) is 3.12. The molecule has 2 aliphatic rings. The summed E-state index contributed by atoms with van der Waals surface area (Å²) in [5.74, 6) is -1.31. The van der Waals surface area contributed by atoms with E-state index in [1.165, 1.54) is 16.8 Å². The number of hydrogen-bond acceptors (Lipinski definition) is 4. The van der Waals surface area contributed by atoms with E-state index in [0.717, 1.165) is 56.0 Å². The number of amides is 1. The van der Waals surface area contributed by atoms with Crippen molar-refractivity contribution in [2.45, 2.75) is 44.6 Å². The fourth-order valence-corrected chi connectivity index (χ4v) is 3.88. The number of carbonyl (C=O) groups excluding carboxylic acids is 1. The highest BCUT2D eigenvalue weighted by Crippen LogP contribution is 2.31. The first-order chi connectivity index (χ1) is 13.6. The molecule has 6 nitrogen and oxygen atoms in total. The van der Waals surface area contributed by atoms with Crippen LogP contribution in [0.2, 0.25) is 0 Å². The minimum absolute atomic E-state index is 0.0345. The highest BCUT2D eigenvalue weighted by molar-refractivity contribution is 5.76. The molecule has 1 amide bonds. The van der Waals surface area contributed by atoms with Crippen LogP contribution in [0.15, 0.2) is 24.4 Å². The molecule has 1 aliphatic heterocycles. The summed E-state index contributed by atoms with van der Waals surface area (Å²) < 4.78 is 28.9. The quantitative estimate of drug-likeness (QED) is 0.853. The lowest BCUT2D eigenvalue weighted by molar-refractivity contribution is -0.181. The molecule has 1 aromatic heterocycles. The van der Waals surface area contributed by atoms with Crippen molar-refractivity contribution in [1.29, 1.82) is 0 Å². The van der Waals surface area contributed by atoms with Crippen molar-refractivity contribution < 1.29 is 18.4 Å². The molecule has 1 atom stereocenters. The van der Waals surface area contributed by atoms with Gasteiger partial charge in [0.15, 0.2) is 5.82 Å². The number of halogens is 2. The smallest absolute Gasteiger partial charge is 0.221 e. The van der Waals surface area contributed by atoms with Gasteiger partial charge < -0.3 is 5.32 Å². The molecule has 1 aromatic carbocycles. The van der Waals surface area contributed by atoms with E-state index in [-0.39, 0.29) is 17.6 Å². The summed E-state index contributed by atoms with van der Waals surface area (Å²) in [6.45, 7) is 2.15. The molecule has 1 fully saturated rings. The topological polar surface area (TPSA) is 59.4 Å². The highest BCUT2D eigenvalue weighted by atomic mass is 19.1. The van der Waals surface area contributed by atoms with Crippen molar-refractivity contribution in [3.63, 3.8) is 0 Å². The molecule has 0 radical (unpaired) electrons. The molecule has 2 aromatic rings. The Labute approximate surface area is 162 Å². The molecule has 28 heavy (non-hydrogen) atoms. The fourth-order valence-electron chi connectivity index (χ4n) is 3.88. The maximum Gasteiger partial charge on any atom is 0.221 e. The molecule has 8 heteroatoms. The van der Waals surface area contributed by atoms with E-state index in [0.29, 0.717) is 19.6 Å². The van der Waals surface area contributed by atoms with Gasteiger partial charge in [0.05, 0.1) is 18.8 Å². The Kier molecular flexibility index (Phi) is 5.68. The van der Waals surface area contributed by atoms with Gasteiger partial charge in [-0.15, -0.1) is 0 Å². The predicted molar refractivity (Wildman–Crippen MR) is 98.7 cm³/mol. The Morgan fingerprint density at radius 2 is 2.18 bits per heavy atom. The van der Waals surface area contributed by atoms with Crippen LogP contribution >= 0.6 is 0 Å². The largest absolute Gasteiger partial charge is 0.349 e. The van der Waals surface area contributed by atoms with Gasteiger partial charge in [-0.2, -0.15) is 10.2 Å². The second kappa shape index (κ2) is 8.36. The van der Waals surface area contributed by atoms with Gasteiger partial charge in [-0.05, 0) is 44.2 Å². The van der Waals surface area contributed by atoms with Gasteiger partial charge in [0.25, 0.3) is 0 Å². The van der Waals surface area contributed by atoms with Crippen LogP contribution in [0.25, 0.3) is 5.69 Å². The number of carbonyl (C=O) groups is 1. The monoisotopic (exact) mass is 390 g/mol. The summed E-state index contributed by atoms with van der Waals surface area (Å²) >= 11 is 0. The summed E-state index contributed by atoms with van der Waals surface area (Å²) in [6.07, 6.45) is 6.61. The zero-order chi connectivity index (χ0) is 19.5. The van der Waals surface area contributed by atoms with E-state index in [4.69, 9.17) is 4.84 Å². The molecule has 1 aliphatic carbocycles. The van der Waals surface area contributed by atoms with E-state index < -0.39 is 11.6 Å². The molecule has 0 saturated carbocycles. The molecular weight excluding hydrogens is 366 g/mol. The maximum atomic E-state index is 14.2. The van der Waals surface area contributed by atoms with Gasteiger partial charge in [0.1, 0.15) is 11.5 Å². The molecule has 0 spiro atoms. The van der Waals surface area contributed by atoms with E-state index in [1.807, 2.05) is 5.06 Å². The third kappa shape index (κ3) is 4.07. The predicted octanol–water partition coefficient (Wildman–Crippen LogP) is 3.06. The number of fused-ring (bicyclic) bond motifs is 1. The molecule has 150 valence electrons. The standard InChI is InChI=1S/C20H24F2N4O2/c21-14-6-7-19(16(22)12-14)26-18-5-3-4-17(15(18)13-23-26)24-20(27)8-10-25-9-1-2-11-28-25/h6-7,12-13,17H,1-5,8-11H2,(H,24,27)/t17-/m1/s1. The fraction of sp³-hybridized carbons (Fsp3) is 0.500. The lowest BCUT2D eigenvalue weighted by Crippen LogP contribution is -2.36. The summed E-state index contributed by atoms with van der Waals surface area (Å²) in [7, 11) is 0. The van der Waals surface area contributed by atoms with Gasteiger partial charge in [-0.3, -0.25) is 9.63 Å². The van der Waals surface area contributed by atoms with E-state index in [1.54, 1.807) is 6.20 Å². The normalized spacial score (nSPS) is 20.0. The van der Waals surface area contributed by atoms with Gasteiger partial charge >= 0.3 is 0 Å². The SMILES string of the molecule is O=C(CCN1CCCCO1)N[C@@H]1CCCc2c1cnn2-c1ccc(F)cc1F. The Morgan fingerprint density at radius 1 is 1.29 bits per heavy atom. The number of hydroxylamine groups is 2. The van der Waals surface area contributed by atoms with Crippen LogP contribution in [0.5, 0.6) is 0 Å². The molecule has 0 unspecified atom stereocenters. The first-order valence-electron chi connectivity index (χ1n) is 9.81. The molecular formula is C20H24F2N4O2. The second-order valence-electron chi connectivity index (χ2n) is 7.29. The van der Waals surface area contributed by atoms with Crippen molar-refractivity contribution in [3.8, 4) is 5.69 Å². The third-order valence-electron chi connectivity index (χ3n) is 5.32. The zero-order valence-electron chi connectivity index (χ0n) is 15.7. The van der Waals surface area contributed by atoms with Crippen LogP contribution in [0.1, 0.15) is 49.4 Å². The second-order valence-corrected chi connectivity index (χ2v) is 7.29. The lowest BCUT2D eigenvalue weighted by atomic mass is 9.92. The van der Waals surface area contributed by atoms with Gasteiger partial charge in [-0.1, -0.05) is 0 Å². The van der Waals surface area contributed by atoms with Crippen LogP contribution in [0.3, 0.4) is 0 Å². The van der Waals surface area contributed by atoms with Crippen molar-refractivity contribution in [3.05, 3.63) is 47.3 Å². The summed E-state index contributed by atoms with van der Waals surface area (Å²) in [5.41, 5.74) is 1.98. The molecule has 4 rings (SSSR count). The number of rotatable bonds is 5. The summed E-state index contributed by atoms with van der Waals surface area (Å²) in [4.78, 5) is 17.9. The van der Waals surface area contributed by atoms with Crippen LogP contribution < -0.4 is 5.32 Å². The average molecular weight is 390 g/mol. The first-order valence-corrected chi connectivity index (χ1v) is 9.81. The Hall–Kier alpha value is -2.32. The number of nitrogens with one attached hydrogen (secondary N) is 1. The lowest BCUT2D eigenvalue weighted by Gasteiger charge is -2.27. The Bertz CT molecular complexity index is 849. The minimum Gasteiger partial charge on any atom is -0.349 e. The van der Waals surface area contributed by atoms with Crippen LogP contribution in [0.4, 0.5) is 8.78 Å². The van der Waals surface area contributed by atoms with Crippen molar-refractivity contribution in [2.24, 2.45) is 0 Å². The van der Waals surface area contributed by atoms with E-state index in [2.05, 4.69) is 10.4 Å². The summed E-state index contributed by atoms with van der Waals surface area (Å²) in [6, 6.07) is 3.32. The Balaban J connectivity index is 1.44. The number of benzene rings is 1. The molecule has 2 heterocycles. The van der Waals surface area contributed by atoms with Crippen LogP contribution in [-0.4, -0.2) is 40.4 Å². The molecule has 1 saturated heterocycles. The number of hydrogen-bond donors (Lipinski definition) is 1. The van der Waals surface area contributed by atoms with Gasteiger partial charge in [0, 0.05) is 36.8 Å². The number of nitrogens with zero attached hydrogens (tertiary/aromatic N) is 3. The maximum absolute atomic E-state index is 14.2. The van der Waals surface area contributed by atoms with Crippen molar-refractivity contribution in [1.82, 2.24) is 20.2 Å². The van der Waals surface area contributed by atoms with Gasteiger partial charge in [-0.25, -0.2) is 13.5 Å². The minimum atomic E-state index is -0.654. The Morgan fingerprint density at radius 3 is 2.96 bits per heavy atom. The zero-order valence-corrected chi connectivity index (χ0v) is 15.7. The van der Waals surface area contributed by atoms with Crippen molar-refractivity contribution >= 4 is 5.91 Å². The third-order valence-corrected chi connectivity index (χ3v) is 5.32. The number of aromatic nitrogens is 2. The van der Waals surface area contributed by atoms with Crippen LogP contribution in [0, 0.1) is 11.6 Å². The van der Waals surface area contributed by atoms with Gasteiger partial charge in [0.2, 0.25) is 5.91 Å². The molecule has 1 N–H and O–H groups in total. The van der Waals surface area contributed by atoms with Crippen LogP contribution in [-0.2, 0) is 16.1 Å².